The van der Waals surface area contributed by atoms with Crippen LogP contribution in [0.4, 0.5) is 0 Å². The van der Waals surface area contributed by atoms with Crippen LogP contribution < -0.4 is 4.72 Å². The number of amides is 1. The zero-order chi connectivity index (χ0) is 15.5. The highest BCUT2D eigenvalue weighted by atomic mass is 35.5. The summed E-state index contributed by atoms with van der Waals surface area (Å²) in [5.74, 6) is -1.20. The lowest BCUT2D eigenvalue weighted by atomic mass is 10.0. The number of sulfonamides is 1. The van der Waals surface area contributed by atoms with E-state index < -0.39 is 21.8 Å². The van der Waals surface area contributed by atoms with E-state index in [9.17, 15) is 13.2 Å². The van der Waals surface area contributed by atoms with E-state index in [-0.39, 0.29) is 9.92 Å². The zero-order valence-electron chi connectivity index (χ0n) is 11.2. The average Bonchev–Trinajstić information content (AvgIpc) is 2.47. The summed E-state index contributed by atoms with van der Waals surface area (Å²) < 4.78 is 26.2. The molecule has 110 valence electrons. The molecule has 0 saturated heterocycles. The smallest absolute Gasteiger partial charge is 0.265 e. The number of carbonyl (C=O) groups is 1. The van der Waals surface area contributed by atoms with Crippen LogP contribution >= 0.6 is 11.6 Å². The van der Waals surface area contributed by atoms with Crippen LogP contribution in [0.1, 0.15) is 18.4 Å². The van der Waals surface area contributed by atoms with Crippen LogP contribution in [0, 0.1) is 0 Å². The van der Waals surface area contributed by atoms with Gasteiger partial charge in [0, 0.05) is 12.4 Å². The molecule has 0 spiro atoms. The maximum Gasteiger partial charge on any atom is 0.265 e. The van der Waals surface area contributed by atoms with Crippen molar-refractivity contribution in [1.29, 1.82) is 0 Å². The van der Waals surface area contributed by atoms with Crippen molar-refractivity contribution >= 4 is 27.5 Å². The van der Waals surface area contributed by atoms with Gasteiger partial charge in [0.2, 0.25) is 5.91 Å². The summed E-state index contributed by atoms with van der Waals surface area (Å²) in [7, 11) is -3.98. The normalized spacial score (nSPS) is 12.7. The number of pyridine rings is 1. The molecule has 2 aromatic rings. The molecule has 5 nitrogen and oxygen atoms in total. The molecule has 1 amide bonds. The molecule has 1 unspecified atom stereocenters. The first-order chi connectivity index (χ1) is 9.90. The molecule has 1 aromatic carbocycles. The molecule has 0 fully saturated rings. The molecule has 21 heavy (non-hydrogen) atoms. The Hall–Kier alpha value is -1.92. The number of rotatable bonds is 4. The monoisotopic (exact) mass is 324 g/mol. The number of nitrogens with one attached hydrogen (secondary N) is 1. The van der Waals surface area contributed by atoms with Gasteiger partial charge in [-0.25, -0.2) is 13.1 Å². The Morgan fingerprint density at radius 2 is 1.90 bits per heavy atom. The topological polar surface area (TPSA) is 76.1 Å². The van der Waals surface area contributed by atoms with Gasteiger partial charge in [-0.3, -0.25) is 9.78 Å². The summed E-state index contributed by atoms with van der Waals surface area (Å²) >= 11 is 5.71. The number of aromatic nitrogens is 1. The summed E-state index contributed by atoms with van der Waals surface area (Å²) in [4.78, 5) is 15.6. The van der Waals surface area contributed by atoms with E-state index in [0.29, 0.717) is 0 Å². The lowest BCUT2D eigenvalue weighted by Gasteiger charge is -2.12. The second-order valence-corrected chi connectivity index (χ2v) is 6.56. The fraction of sp³-hybridized carbons (Fsp3) is 0.143. The van der Waals surface area contributed by atoms with E-state index in [1.54, 1.807) is 31.2 Å². The molecule has 0 bridgehead atoms. The zero-order valence-corrected chi connectivity index (χ0v) is 12.7. The molecule has 0 saturated carbocycles. The van der Waals surface area contributed by atoms with Crippen molar-refractivity contribution < 1.29 is 13.2 Å². The number of halogens is 1. The Bertz CT molecular complexity index is 748. The summed E-state index contributed by atoms with van der Waals surface area (Å²) in [6.07, 6.45) is 2.45. The predicted molar refractivity (Wildman–Crippen MR) is 79.4 cm³/mol. The lowest BCUT2D eigenvalue weighted by molar-refractivity contribution is -0.120. The number of hydrogen-bond acceptors (Lipinski definition) is 4. The fourth-order valence-electron chi connectivity index (χ4n) is 1.71. The largest absolute Gasteiger partial charge is 0.273 e. The second kappa shape index (κ2) is 6.24. The van der Waals surface area contributed by atoms with E-state index in [0.717, 1.165) is 11.8 Å². The first-order valence-electron chi connectivity index (χ1n) is 6.12. The van der Waals surface area contributed by atoms with Gasteiger partial charge in [0.1, 0.15) is 4.90 Å². The summed E-state index contributed by atoms with van der Waals surface area (Å²) in [5, 5.41) is 0.182. The van der Waals surface area contributed by atoms with Crippen molar-refractivity contribution in [2.24, 2.45) is 0 Å². The van der Waals surface area contributed by atoms with Crippen LogP contribution in [0.15, 0.2) is 53.7 Å². The highest BCUT2D eigenvalue weighted by molar-refractivity contribution is 7.90. The van der Waals surface area contributed by atoms with E-state index in [4.69, 9.17) is 11.6 Å². The minimum atomic E-state index is -3.98. The van der Waals surface area contributed by atoms with Crippen LogP contribution in [-0.4, -0.2) is 19.3 Å². The molecule has 0 radical (unpaired) electrons. The van der Waals surface area contributed by atoms with Crippen molar-refractivity contribution in [2.75, 3.05) is 0 Å². The van der Waals surface area contributed by atoms with Crippen LogP contribution in [0.25, 0.3) is 0 Å². The Labute approximate surface area is 128 Å². The number of nitrogens with zero attached hydrogens (tertiary/aromatic N) is 1. The van der Waals surface area contributed by atoms with Gasteiger partial charge >= 0.3 is 0 Å². The van der Waals surface area contributed by atoms with Crippen LogP contribution in [0.5, 0.6) is 0 Å². The Balaban J connectivity index is 2.19. The third-order valence-corrected chi connectivity index (χ3v) is 4.44. The van der Waals surface area contributed by atoms with Crippen LogP contribution in [0.2, 0.25) is 5.02 Å². The molecule has 2 rings (SSSR count). The maximum atomic E-state index is 12.1. The standard InChI is InChI=1S/C14H13ClN2O3S/c1-10(11-5-3-2-4-6-11)14(18)17-21(19,20)13-7-12(15)8-16-9-13/h2-10H,1H3,(H,17,18). The lowest BCUT2D eigenvalue weighted by Crippen LogP contribution is -2.33. The first-order valence-corrected chi connectivity index (χ1v) is 7.98. The highest BCUT2D eigenvalue weighted by Gasteiger charge is 2.23. The van der Waals surface area contributed by atoms with Crippen molar-refractivity contribution in [3.8, 4) is 0 Å². The van der Waals surface area contributed by atoms with E-state index in [1.807, 2.05) is 10.8 Å². The highest BCUT2D eigenvalue weighted by Crippen LogP contribution is 2.17. The summed E-state index contributed by atoms with van der Waals surface area (Å²) in [6, 6.07) is 10.2. The molecule has 0 aliphatic carbocycles. The second-order valence-electron chi connectivity index (χ2n) is 4.44. The van der Waals surface area contributed by atoms with E-state index in [1.165, 1.54) is 12.3 Å². The van der Waals surface area contributed by atoms with Crippen LogP contribution in [-0.2, 0) is 14.8 Å². The quantitative estimate of drug-likeness (QED) is 0.936. The molecular weight excluding hydrogens is 312 g/mol. The van der Waals surface area contributed by atoms with Gasteiger partial charge in [-0.05, 0) is 18.6 Å². The number of carbonyl (C=O) groups excluding carboxylic acids is 1. The Morgan fingerprint density at radius 1 is 1.24 bits per heavy atom. The third kappa shape index (κ3) is 3.80. The van der Waals surface area contributed by atoms with Crippen molar-refractivity contribution in [3.05, 3.63) is 59.4 Å². The molecule has 1 N–H and O–H groups in total. The van der Waals surface area contributed by atoms with Gasteiger partial charge in [0.05, 0.1) is 10.9 Å². The van der Waals surface area contributed by atoms with Crippen molar-refractivity contribution in [1.82, 2.24) is 9.71 Å². The Kier molecular flexibility index (Phi) is 4.59. The minimum Gasteiger partial charge on any atom is -0.273 e. The molecule has 1 aromatic heterocycles. The Morgan fingerprint density at radius 3 is 2.52 bits per heavy atom. The molecule has 1 atom stereocenters. The van der Waals surface area contributed by atoms with Gasteiger partial charge in [-0.1, -0.05) is 41.9 Å². The molecule has 0 aliphatic heterocycles. The number of benzene rings is 1. The SMILES string of the molecule is CC(C(=O)NS(=O)(=O)c1cncc(Cl)c1)c1ccccc1. The molecule has 0 aliphatic rings. The van der Waals surface area contributed by atoms with Gasteiger partial charge in [0.15, 0.2) is 0 Å². The minimum absolute atomic E-state index is 0.149. The van der Waals surface area contributed by atoms with Gasteiger partial charge < -0.3 is 0 Å². The summed E-state index contributed by atoms with van der Waals surface area (Å²) in [5.41, 5.74) is 0.731. The fourth-order valence-corrected chi connectivity index (χ4v) is 2.99. The van der Waals surface area contributed by atoms with Gasteiger partial charge in [-0.15, -0.1) is 0 Å². The number of hydrogen-bond donors (Lipinski definition) is 1. The average molecular weight is 325 g/mol. The van der Waals surface area contributed by atoms with Gasteiger partial charge in [-0.2, -0.15) is 0 Å². The van der Waals surface area contributed by atoms with E-state index >= 15 is 0 Å². The maximum absolute atomic E-state index is 12.1. The third-order valence-electron chi connectivity index (χ3n) is 2.92. The molecular formula is C14H13ClN2O3S. The molecule has 7 heteroatoms. The van der Waals surface area contributed by atoms with Gasteiger partial charge in [0.25, 0.3) is 10.0 Å². The first kappa shape index (κ1) is 15.5. The van der Waals surface area contributed by atoms with Crippen LogP contribution in [0.3, 0.4) is 0 Å². The predicted octanol–water partition coefficient (Wildman–Crippen LogP) is 2.34. The molecule has 1 heterocycles. The van der Waals surface area contributed by atoms with Crippen molar-refractivity contribution in [2.45, 2.75) is 17.7 Å². The van der Waals surface area contributed by atoms with Crippen molar-refractivity contribution in [3.63, 3.8) is 0 Å². The summed E-state index contributed by atoms with van der Waals surface area (Å²) in [6.45, 7) is 1.64. The van der Waals surface area contributed by atoms with E-state index in [2.05, 4.69) is 4.98 Å².